The van der Waals surface area contributed by atoms with Gasteiger partial charge in [-0.15, -0.1) is 11.8 Å². The number of hydrogen-bond donors (Lipinski definition) is 1. The molecule has 0 aliphatic heterocycles. The molecule has 1 aromatic heterocycles. The summed E-state index contributed by atoms with van der Waals surface area (Å²) in [7, 11) is 0. The van der Waals surface area contributed by atoms with E-state index in [2.05, 4.69) is 4.98 Å². The van der Waals surface area contributed by atoms with Crippen LogP contribution in [0.5, 0.6) is 0 Å². The fourth-order valence-electron chi connectivity index (χ4n) is 1.48. The molecule has 0 bridgehead atoms. The van der Waals surface area contributed by atoms with Crippen molar-refractivity contribution < 1.29 is 4.39 Å². The first-order valence-electron chi connectivity index (χ1n) is 5.31. The molecule has 0 radical (unpaired) electrons. The molecular formula is C13H13FN2S. The number of thioether (sulfide) groups is 1. The van der Waals surface area contributed by atoms with Gasteiger partial charge in [-0.1, -0.05) is 6.07 Å². The maximum Gasteiger partial charge on any atom is 0.123 e. The van der Waals surface area contributed by atoms with Crippen LogP contribution in [0, 0.1) is 5.82 Å². The highest BCUT2D eigenvalue weighted by molar-refractivity contribution is 7.98. The molecule has 0 atom stereocenters. The monoisotopic (exact) mass is 248 g/mol. The molecule has 0 aliphatic carbocycles. The van der Waals surface area contributed by atoms with E-state index >= 15 is 0 Å². The van der Waals surface area contributed by atoms with Gasteiger partial charge in [0.2, 0.25) is 0 Å². The van der Waals surface area contributed by atoms with Gasteiger partial charge in [0, 0.05) is 23.4 Å². The summed E-state index contributed by atoms with van der Waals surface area (Å²) in [5.74, 6) is 0.588. The molecule has 0 fully saturated rings. The lowest BCUT2D eigenvalue weighted by atomic mass is 10.2. The third-order valence-corrected chi connectivity index (χ3v) is 3.45. The average Bonchev–Trinajstić information content (AvgIpc) is 2.38. The zero-order valence-electron chi connectivity index (χ0n) is 9.27. The van der Waals surface area contributed by atoms with Gasteiger partial charge in [-0.05, 0) is 35.9 Å². The second kappa shape index (κ2) is 5.80. The standard InChI is InChI=1S/C13H13FN2S/c14-11-3-5-12(6-4-11)17-9-10-2-1-7-16-13(10)8-15/h1-7H,8-9,15H2. The molecule has 0 amide bonds. The molecular weight excluding hydrogens is 235 g/mol. The minimum atomic E-state index is -0.210. The lowest BCUT2D eigenvalue weighted by molar-refractivity contribution is 0.626. The summed E-state index contributed by atoms with van der Waals surface area (Å²) in [6.07, 6.45) is 1.74. The van der Waals surface area contributed by atoms with Crippen molar-refractivity contribution in [2.24, 2.45) is 5.73 Å². The zero-order chi connectivity index (χ0) is 12.1. The zero-order valence-corrected chi connectivity index (χ0v) is 10.1. The van der Waals surface area contributed by atoms with Crippen LogP contribution in [0.15, 0.2) is 47.5 Å². The molecule has 2 nitrogen and oxygen atoms in total. The summed E-state index contributed by atoms with van der Waals surface area (Å²) >= 11 is 1.65. The molecule has 0 spiro atoms. The van der Waals surface area contributed by atoms with E-state index in [4.69, 9.17) is 5.73 Å². The summed E-state index contributed by atoms with van der Waals surface area (Å²) in [5, 5.41) is 0. The molecule has 2 aromatic rings. The lowest BCUT2D eigenvalue weighted by Gasteiger charge is -2.06. The number of hydrogen-bond acceptors (Lipinski definition) is 3. The quantitative estimate of drug-likeness (QED) is 0.845. The normalized spacial score (nSPS) is 10.5. The van der Waals surface area contributed by atoms with E-state index in [1.54, 1.807) is 30.1 Å². The summed E-state index contributed by atoms with van der Waals surface area (Å²) in [6.45, 7) is 0.445. The van der Waals surface area contributed by atoms with Gasteiger partial charge in [0.25, 0.3) is 0 Å². The Hall–Kier alpha value is -1.39. The van der Waals surface area contributed by atoms with Gasteiger partial charge >= 0.3 is 0 Å². The molecule has 2 rings (SSSR count). The van der Waals surface area contributed by atoms with E-state index in [0.29, 0.717) is 6.54 Å². The van der Waals surface area contributed by atoms with Crippen LogP contribution >= 0.6 is 11.8 Å². The van der Waals surface area contributed by atoms with E-state index in [1.807, 2.05) is 12.1 Å². The van der Waals surface area contributed by atoms with Crippen molar-refractivity contribution in [2.75, 3.05) is 0 Å². The fourth-order valence-corrected chi connectivity index (χ4v) is 2.39. The van der Waals surface area contributed by atoms with E-state index < -0.39 is 0 Å². The Balaban J connectivity index is 2.04. The Bertz CT molecular complexity index is 485. The molecule has 4 heteroatoms. The molecule has 0 unspecified atom stereocenters. The molecule has 1 aromatic carbocycles. The number of halogens is 1. The average molecular weight is 248 g/mol. The Labute approximate surface area is 104 Å². The van der Waals surface area contributed by atoms with Crippen molar-refractivity contribution >= 4 is 11.8 Å². The number of pyridine rings is 1. The third-order valence-electron chi connectivity index (χ3n) is 2.39. The summed E-state index contributed by atoms with van der Waals surface area (Å²) in [4.78, 5) is 5.27. The van der Waals surface area contributed by atoms with Crippen LogP contribution in [0.3, 0.4) is 0 Å². The molecule has 0 aliphatic rings. The van der Waals surface area contributed by atoms with Crippen molar-refractivity contribution in [1.82, 2.24) is 4.98 Å². The summed E-state index contributed by atoms with van der Waals surface area (Å²) in [5.41, 5.74) is 7.67. The Morgan fingerprint density at radius 2 is 1.94 bits per heavy atom. The van der Waals surface area contributed by atoms with Crippen molar-refractivity contribution in [3.8, 4) is 0 Å². The predicted molar refractivity (Wildman–Crippen MR) is 68.1 cm³/mol. The first-order valence-corrected chi connectivity index (χ1v) is 6.29. The molecule has 0 saturated carbocycles. The van der Waals surface area contributed by atoms with Gasteiger partial charge in [-0.3, -0.25) is 4.98 Å². The van der Waals surface area contributed by atoms with Crippen LogP contribution in [0.25, 0.3) is 0 Å². The number of aromatic nitrogens is 1. The number of nitrogens with zero attached hydrogens (tertiary/aromatic N) is 1. The molecule has 17 heavy (non-hydrogen) atoms. The molecule has 88 valence electrons. The highest BCUT2D eigenvalue weighted by Crippen LogP contribution is 2.23. The number of nitrogens with two attached hydrogens (primary N) is 1. The number of benzene rings is 1. The molecule has 1 heterocycles. The van der Waals surface area contributed by atoms with Crippen LogP contribution in [0.2, 0.25) is 0 Å². The first-order chi connectivity index (χ1) is 8.29. The Kier molecular flexibility index (Phi) is 4.12. The minimum absolute atomic E-state index is 0.210. The maximum atomic E-state index is 12.7. The summed E-state index contributed by atoms with van der Waals surface area (Å²) in [6, 6.07) is 10.4. The highest BCUT2D eigenvalue weighted by atomic mass is 32.2. The highest BCUT2D eigenvalue weighted by Gasteiger charge is 2.02. The van der Waals surface area contributed by atoms with Gasteiger partial charge < -0.3 is 5.73 Å². The van der Waals surface area contributed by atoms with Crippen molar-refractivity contribution in [3.63, 3.8) is 0 Å². The van der Waals surface area contributed by atoms with Gasteiger partial charge in [-0.2, -0.15) is 0 Å². The molecule has 2 N–H and O–H groups in total. The van der Waals surface area contributed by atoms with Gasteiger partial charge in [0.15, 0.2) is 0 Å². The van der Waals surface area contributed by atoms with Crippen LogP contribution in [0.1, 0.15) is 11.3 Å². The van der Waals surface area contributed by atoms with Crippen LogP contribution in [-0.2, 0) is 12.3 Å². The second-order valence-electron chi connectivity index (χ2n) is 3.56. The topological polar surface area (TPSA) is 38.9 Å². The first kappa shape index (κ1) is 12.1. The van der Waals surface area contributed by atoms with E-state index in [1.165, 1.54) is 12.1 Å². The van der Waals surface area contributed by atoms with Gasteiger partial charge in [0.05, 0.1) is 5.69 Å². The van der Waals surface area contributed by atoms with Crippen molar-refractivity contribution in [2.45, 2.75) is 17.2 Å². The van der Waals surface area contributed by atoms with E-state index in [-0.39, 0.29) is 5.82 Å². The minimum Gasteiger partial charge on any atom is -0.325 e. The van der Waals surface area contributed by atoms with Crippen LogP contribution < -0.4 is 5.73 Å². The third kappa shape index (κ3) is 3.28. The maximum absolute atomic E-state index is 12.7. The van der Waals surface area contributed by atoms with Crippen LogP contribution in [-0.4, -0.2) is 4.98 Å². The predicted octanol–water partition coefficient (Wildman–Crippen LogP) is 2.97. The second-order valence-corrected chi connectivity index (χ2v) is 4.60. The summed E-state index contributed by atoms with van der Waals surface area (Å²) < 4.78 is 12.7. The SMILES string of the molecule is NCc1ncccc1CSc1ccc(F)cc1. The fraction of sp³-hybridized carbons (Fsp3) is 0.154. The van der Waals surface area contributed by atoms with Crippen molar-refractivity contribution in [3.05, 3.63) is 59.7 Å². The van der Waals surface area contributed by atoms with Crippen molar-refractivity contribution in [1.29, 1.82) is 0 Å². The van der Waals surface area contributed by atoms with Gasteiger partial charge in [-0.25, -0.2) is 4.39 Å². The Morgan fingerprint density at radius 3 is 2.65 bits per heavy atom. The largest absolute Gasteiger partial charge is 0.325 e. The van der Waals surface area contributed by atoms with Crippen LogP contribution in [0.4, 0.5) is 4.39 Å². The Morgan fingerprint density at radius 1 is 1.18 bits per heavy atom. The lowest BCUT2D eigenvalue weighted by Crippen LogP contribution is -2.03. The molecule has 0 saturated heterocycles. The van der Waals surface area contributed by atoms with E-state index in [0.717, 1.165) is 21.9 Å². The number of rotatable bonds is 4. The van der Waals surface area contributed by atoms with Gasteiger partial charge in [0.1, 0.15) is 5.82 Å². The smallest absolute Gasteiger partial charge is 0.123 e. The van der Waals surface area contributed by atoms with E-state index in [9.17, 15) is 4.39 Å².